The average Bonchev–Trinajstić information content (AvgIpc) is 2.92. The summed E-state index contributed by atoms with van der Waals surface area (Å²) < 4.78 is 0. The highest BCUT2D eigenvalue weighted by Gasteiger charge is 2.37. The Kier molecular flexibility index (Phi) is 12.2. The fourth-order valence-electron chi connectivity index (χ4n) is 5.51. The Labute approximate surface area is 228 Å². The Hall–Kier alpha value is -2.95. The number of unbranched alkanes of at least 4 members (excludes halogenated alkanes) is 4. The normalized spacial score (nSPS) is 16.1. The van der Waals surface area contributed by atoms with Crippen LogP contribution in [-0.4, -0.2) is 27.9 Å². The lowest BCUT2D eigenvalue weighted by Gasteiger charge is -2.34. The molecule has 0 aromatic heterocycles. The van der Waals surface area contributed by atoms with Gasteiger partial charge in [-0.2, -0.15) is 0 Å². The molecule has 5 nitrogen and oxygen atoms in total. The van der Waals surface area contributed by atoms with Crippen molar-refractivity contribution >= 4 is 17.7 Å². The molecule has 2 N–H and O–H groups in total. The summed E-state index contributed by atoms with van der Waals surface area (Å²) in [6.07, 6.45) is 7.91. The van der Waals surface area contributed by atoms with Crippen LogP contribution in [0.5, 0.6) is 0 Å². The van der Waals surface area contributed by atoms with Gasteiger partial charge in [0.2, 0.25) is 0 Å². The minimum Gasteiger partial charge on any atom is -0.481 e. The molecular weight excluding hydrogens is 476 g/mol. The van der Waals surface area contributed by atoms with Crippen LogP contribution < -0.4 is 0 Å². The molecular formula is C33H46O5. The number of hydrogen-bond acceptors (Lipinski definition) is 3. The maximum absolute atomic E-state index is 12.4. The molecule has 0 radical (unpaired) electrons. The fourth-order valence-corrected chi connectivity index (χ4v) is 5.51. The molecule has 0 heterocycles. The number of benzene rings is 2. The van der Waals surface area contributed by atoms with Gasteiger partial charge in [-0.05, 0) is 36.8 Å². The van der Waals surface area contributed by atoms with Crippen LogP contribution in [-0.2, 0) is 25.2 Å². The molecule has 4 unspecified atom stereocenters. The third-order valence-corrected chi connectivity index (χ3v) is 8.82. The number of Topliss-reactive ketones (excluding diaryl/α,β-unsaturated/α-hetero) is 1. The van der Waals surface area contributed by atoms with Crippen LogP contribution >= 0.6 is 0 Å². The van der Waals surface area contributed by atoms with E-state index in [4.69, 9.17) is 0 Å². The number of aliphatic carboxylic acids is 2. The number of carboxylic acids is 2. The summed E-state index contributed by atoms with van der Waals surface area (Å²) in [5.41, 5.74) is 1.21. The predicted octanol–water partition coefficient (Wildman–Crippen LogP) is 7.81. The molecule has 2 aromatic rings. The summed E-state index contributed by atoms with van der Waals surface area (Å²) in [6.45, 7) is 7.63. The zero-order valence-corrected chi connectivity index (χ0v) is 23.6. The lowest BCUT2D eigenvalue weighted by atomic mass is 9.69. The monoisotopic (exact) mass is 522 g/mol. The second-order valence-corrected chi connectivity index (χ2v) is 11.3. The summed E-state index contributed by atoms with van der Waals surface area (Å²) in [7, 11) is 0. The SMILES string of the molecule is CC(C(=O)O)C(C)(CCCCCC(=O)CCCCCC(C)(c1ccccc1)C(C)C(=O)O)c1ccccc1. The largest absolute Gasteiger partial charge is 0.481 e. The summed E-state index contributed by atoms with van der Waals surface area (Å²) in [5.74, 6) is -2.27. The molecule has 208 valence electrons. The molecule has 0 saturated heterocycles. The van der Waals surface area contributed by atoms with Crippen LogP contribution in [0.15, 0.2) is 60.7 Å². The van der Waals surface area contributed by atoms with E-state index in [9.17, 15) is 24.6 Å². The number of carbonyl (C=O) groups excluding carboxylic acids is 1. The second-order valence-electron chi connectivity index (χ2n) is 11.3. The van der Waals surface area contributed by atoms with Gasteiger partial charge >= 0.3 is 11.9 Å². The molecule has 0 aliphatic carbocycles. The van der Waals surface area contributed by atoms with E-state index < -0.39 is 34.6 Å². The van der Waals surface area contributed by atoms with E-state index >= 15 is 0 Å². The van der Waals surface area contributed by atoms with E-state index in [0.717, 1.165) is 62.5 Å². The first-order chi connectivity index (χ1) is 18.0. The van der Waals surface area contributed by atoms with E-state index in [0.29, 0.717) is 12.8 Å². The molecule has 2 rings (SSSR count). The first kappa shape index (κ1) is 31.3. The summed E-state index contributed by atoms with van der Waals surface area (Å²) >= 11 is 0. The van der Waals surface area contributed by atoms with Gasteiger partial charge in [0.25, 0.3) is 0 Å². The average molecular weight is 523 g/mol. The van der Waals surface area contributed by atoms with Gasteiger partial charge < -0.3 is 10.2 Å². The van der Waals surface area contributed by atoms with Crippen molar-refractivity contribution in [3.63, 3.8) is 0 Å². The van der Waals surface area contributed by atoms with Gasteiger partial charge in [0, 0.05) is 23.7 Å². The standard InChI is InChI=1S/C33H46O5/c1-25(30(35)36)32(3,27-17-9-5-10-18-27)23-15-7-13-21-29(34)22-14-8-16-24-33(4,26(2)31(37)38)28-19-11-6-12-20-28/h5-6,9-12,17-20,25-26H,7-8,13-16,21-24H2,1-4H3,(H,35,36)(H,37,38). The molecule has 0 spiro atoms. The van der Waals surface area contributed by atoms with Crippen molar-refractivity contribution in [2.24, 2.45) is 11.8 Å². The van der Waals surface area contributed by atoms with Crippen molar-refractivity contribution in [2.75, 3.05) is 0 Å². The summed E-state index contributed by atoms with van der Waals surface area (Å²) in [4.78, 5) is 36.0. The first-order valence-electron chi connectivity index (χ1n) is 14.1. The minimum atomic E-state index is -0.784. The minimum absolute atomic E-state index is 0.277. The van der Waals surface area contributed by atoms with Gasteiger partial charge in [-0.15, -0.1) is 0 Å². The molecule has 2 aromatic carbocycles. The van der Waals surface area contributed by atoms with Crippen molar-refractivity contribution in [1.82, 2.24) is 0 Å². The van der Waals surface area contributed by atoms with Gasteiger partial charge in [-0.1, -0.05) is 114 Å². The highest BCUT2D eigenvalue weighted by Crippen LogP contribution is 2.38. The molecule has 0 bridgehead atoms. The van der Waals surface area contributed by atoms with Crippen molar-refractivity contribution < 1.29 is 24.6 Å². The number of carboxylic acid groups (broad SMARTS) is 2. The van der Waals surface area contributed by atoms with Crippen LogP contribution in [0.4, 0.5) is 0 Å². The van der Waals surface area contributed by atoms with Crippen molar-refractivity contribution in [3.8, 4) is 0 Å². The molecule has 0 saturated carbocycles. The van der Waals surface area contributed by atoms with Crippen LogP contribution in [0.2, 0.25) is 0 Å². The highest BCUT2D eigenvalue weighted by molar-refractivity contribution is 5.78. The molecule has 5 heteroatoms. The van der Waals surface area contributed by atoms with E-state index in [-0.39, 0.29) is 5.78 Å². The van der Waals surface area contributed by atoms with Crippen LogP contribution in [0.3, 0.4) is 0 Å². The van der Waals surface area contributed by atoms with Crippen molar-refractivity contribution in [1.29, 1.82) is 0 Å². The molecule has 38 heavy (non-hydrogen) atoms. The van der Waals surface area contributed by atoms with Crippen LogP contribution in [0, 0.1) is 11.8 Å². The molecule has 0 aliphatic heterocycles. The zero-order chi connectivity index (χ0) is 28.2. The number of hydrogen-bond donors (Lipinski definition) is 2. The fraction of sp³-hybridized carbons (Fsp3) is 0.545. The summed E-state index contributed by atoms with van der Waals surface area (Å²) in [6, 6.07) is 19.7. The third kappa shape index (κ3) is 8.54. The number of rotatable bonds is 18. The second kappa shape index (κ2) is 14.8. The Morgan fingerprint density at radius 1 is 0.605 bits per heavy atom. The van der Waals surface area contributed by atoms with E-state index in [2.05, 4.69) is 0 Å². The number of carbonyl (C=O) groups is 3. The Morgan fingerprint density at radius 3 is 1.26 bits per heavy atom. The van der Waals surface area contributed by atoms with Crippen molar-refractivity contribution in [3.05, 3.63) is 71.8 Å². The van der Waals surface area contributed by atoms with Gasteiger partial charge in [0.05, 0.1) is 11.8 Å². The summed E-state index contributed by atoms with van der Waals surface area (Å²) in [5, 5.41) is 19.3. The van der Waals surface area contributed by atoms with Crippen LogP contribution in [0.25, 0.3) is 0 Å². The quantitative estimate of drug-likeness (QED) is 0.195. The van der Waals surface area contributed by atoms with E-state index in [1.165, 1.54) is 0 Å². The third-order valence-electron chi connectivity index (χ3n) is 8.82. The van der Waals surface area contributed by atoms with E-state index in [1.54, 1.807) is 13.8 Å². The Bertz CT molecular complexity index is 937. The smallest absolute Gasteiger partial charge is 0.307 e. The lowest BCUT2D eigenvalue weighted by molar-refractivity contribution is -0.144. The highest BCUT2D eigenvalue weighted by atomic mass is 16.4. The van der Waals surface area contributed by atoms with Gasteiger partial charge in [0.15, 0.2) is 0 Å². The van der Waals surface area contributed by atoms with Gasteiger partial charge in [-0.25, -0.2) is 0 Å². The van der Waals surface area contributed by atoms with Gasteiger partial charge in [-0.3, -0.25) is 14.4 Å². The maximum atomic E-state index is 12.4. The zero-order valence-electron chi connectivity index (χ0n) is 23.6. The first-order valence-corrected chi connectivity index (χ1v) is 14.1. The Balaban J connectivity index is 1.73. The lowest BCUT2D eigenvalue weighted by Crippen LogP contribution is -2.35. The molecule has 0 fully saturated rings. The molecule has 0 amide bonds. The predicted molar refractivity (Wildman–Crippen MR) is 152 cm³/mol. The topological polar surface area (TPSA) is 91.7 Å². The maximum Gasteiger partial charge on any atom is 0.307 e. The number of ketones is 1. The van der Waals surface area contributed by atoms with Crippen molar-refractivity contribution in [2.45, 2.75) is 103 Å². The molecule has 4 atom stereocenters. The van der Waals surface area contributed by atoms with E-state index in [1.807, 2.05) is 74.5 Å². The van der Waals surface area contributed by atoms with Gasteiger partial charge in [0.1, 0.15) is 5.78 Å². The van der Waals surface area contributed by atoms with Crippen LogP contribution in [0.1, 0.15) is 103 Å². The Morgan fingerprint density at radius 2 is 0.947 bits per heavy atom. The molecule has 0 aliphatic rings.